The van der Waals surface area contributed by atoms with Crippen LogP contribution in [0.4, 0.5) is 0 Å². The Hall–Kier alpha value is -4.12. The molecule has 2 aliphatic heterocycles. The first-order valence-electron chi connectivity index (χ1n) is 12.1. The van der Waals surface area contributed by atoms with Gasteiger partial charge in [-0.05, 0) is 44.8 Å². The first-order valence-corrected chi connectivity index (χ1v) is 12.1. The minimum Gasteiger partial charge on any atom is -0.356 e. The molecule has 4 nitrogen and oxygen atoms in total. The Morgan fingerprint density at radius 3 is 1.28 bits per heavy atom. The molecule has 0 saturated carbocycles. The maximum absolute atomic E-state index is 13.0. The van der Waals surface area contributed by atoms with Crippen LogP contribution in [0, 0.1) is 0 Å². The van der Waals surface area contributed by atoms with E-state index in [-0.39, 0.29) is 23.8 Å². The number of ether oxygens (including phenoxy) is 2. The van der Waals surface area contributed by atoms with Crippen LogP contribution in [-0.4, -0.2) is 23.8 Å². The fourth-order valence-corrected chi connectivity index (χ4v) is 5.02. The van der Waals surface area contributed by atoms with Crippen LogP contribution < -0.4 is 0 Å². The highest BCUT2D eigenvalue weighted by atomic mass is 16.6. The second-order valence-electron chi connectivity index (χ2n) is 9.47. The molecule has 0 aliphatic carbocycles. The molecule has 5 aromatic rings. The summed E-state index contributed by atoms with van der Waals surface area (Å²) in [5.41, 5.74) is 3.24. The third kappa shape index (κ3) is 3.72. The van der Waals surface area contributed by atoms with Gasteiger partial charge < -0.3 is 9.47 Å². The molecule has 0 radical (unpaired) electrons. The van der Waals surface area contributed by atoms with E-state index in [1.165, 1.54) is 0 Å². The van der Waals surface area contributed by atoms with Gasteiger partial charge in [-0.2, -0.15) is 0 Å². The second kappa shape index (κ2) is 8.23. The zero-order chi connectivity index (χ0) is 24.2. The lowest BCUT2D eigenvalue weighted by atomic mass is 9.98. The van der Waals surface area contributed by atoms with Crippen LogP contribution in [0.3, 0.4) is 0 Å². The molecule has 0 bridgehead atoms. The van der Waals surface area contributed by atoms with E-state index in [4.69, 9.17) is 9.47 Å². The molecule has 0 amide bonds. The molecule has 36 heavy (non-hydrogen) atoms. The number of hydrogen-bond acceptors (Lipinski definition) is 4. The number of fused-ring (bicyclic) bond motifs is 2. The summed E-state index contributed by atoms with van der Waals surface area (Å²) in [5, 5.41) is 4.31. The first kappa shape index (κ1) is 21.2. The Morgan fingerprint density at radius 2 is 0.861 bits per heavy atom. The van der Waals surface area contributed by atoms with Gasteiger partial charge in [0, 0.05) is 11.1 Å². The van der Waals surface area contributed by atoms with Crippen molar-refractivity contribution in [2.45, 2.75) is 24.4 Å². The fourth-order valence-electron chi connectivity index (χ4n) is 5.02. The van der Waals surface area contributed by atoms with Gasteiger partial charge in [-0.1, -0.05) is 97.1 Å². The SMILES string of the molecule is O=C(c1ccc2ccccc2c1)[C@H]1O[C@@H]1c1ccc([C@H]2O[C@@H]2C(=O)c2ccc3ccccc3c2)cc1. The Balaban J connectivity index is 1.02. The Labute approximate surface area is 208 Å². The quantitative estimate of drug-likeness (QED) is 0.206. The molecule has 4 heteroatoms. The third-order valence-electron chi connectivity index (χ3n) is 7.16. The minimum absolute atomic E-state index is 0.00130. The predicted octanol–water partition coefficient (Wildman–Crippen LogP) is 6.64. The summed E-state index contributed by atoms with van der Waals surface area (Å²) in [7, 11) is 0. The lowest BCUT2D eigenvalue weighted by Crippen LogP contribution is -2.08. The third-order valence-corrected chi connectivity index (χ3v) is 7.16. The molecule has 5 aromatic carbocycles. The van der Waals surface area contributed by atoms with Crippen molar-refractivity contribution in [3.63, 3.8) is 0 Å². The number of epoxide rings is 2. The molecule has 7 rings (SSSR count). The van der Waals surface area contributed by atoms with Crippen molar-refractivity contribution in [3.8, 4) is 0 Å². The Bertz CT molecular complexity index is 1530. The summed E-state index contributed by atoms with van der Waals surface area (Å²) in [6.07, 6.45) is -1.41. The average Bonchev–Trinajstić information content (AvgIpc) is 3.86. The van der Waals surface area contributed by atoms with Crippen molar-refractivity contribution in [1.82, 2.24) is 0 Å². The summed E-state index contributed by atoms with van der Waals surface area (Å²) in [6.45, 7) is 0. The smallest absolute Gasteiger partial charge is 0.194 e. The summed E-state index contributed by atoms with van der Waals surface area (Å²) in [4.78, 5) is 25.9. The number of carbonyl (C=O) groups is 2. The molecule has 0 spiro atoms. The van der Waals surface area contributed by atoms with Crippen molar-refractivity contribution in [2.75, 3.05) is 0 Å². The highest BCUT2D eigenvalue weighted by molar-refractivity contribution is 6.05. The van der Waals surface area contributed by atoms with Gasteiger partial charge in [-0.25, -0.2) is 0 Å². The molecule has 2 heterocycles. The van der Waals surface area contributed by atoms with Crippen LogP contribution in [0.2, 0.25) is 0 Å². The van der Waals surface area contributed by atoms with Crippen molar-refractivity contribution < 1.29 is 19.1 Å². The van der Waals surface area contributed by atoms with Gasteiger partial charge in [0.05, 0.1) is 0 Å². The van der Waals surface area contributed by atoms with E-state index in [0.29, 0.717) is 11.1 Å². The molecular formula is C32H22O4. The van der Waals surface area contributed by atoms with Gasteiger partial charge in [0.2, 0.25) is 0 Å². The standard InChI is InChI=1S/C32H22O4/c33-27(25-15-9-19-5-1-3-7-23(19)17-25)31-29(35-31)21-11-13-22(14-12-21)30-32(36-30)28(34)26-16-10-20-6-2-4-8-24(20)18-26/h1-18,29-32H/t29-,30-,31-,32-/m1/s1. The number of carbonyl (C=O) groups excluding carboxylic acids is 2. The van der Waals surface area contributed by atoms with Gasteiger partial charge in [-0.3, -0.25) is 9.59 Å². The molecular weight excluding hydrogens is 448 g/mol. The highest BCUT2D eigenvalue weighted by Crippen LogP contribution is 2.44. The van der Waals surface area contributed by atoms with Gasteiger partial charge in [-0.15, -0.1) is 0 Å². The molecule has 0 unspecified atom stereocenters. The van der Waals surface area contributed by atoms with Crippen LogP contribution in [0.5, 0.6) is 0 Å². The number of Topliss-reactive ketones (excluding diaryl/α,β-unsaturated/α-hetero) is 2. The number of ketones is 2. The Morgan fingerprint density at radius 1 is 0.472 bits per heavy atom. The van der Waals surface area contributed by atoms with Crippen LogP contribution in [-0.2, 0) is 9.47 Å². The van der Waals surface area contributed by atoms with E-state index >= 15 is 0 Å². The average molecular weight is 471 g/mol. The topological polar surface area (TPSA) is 59.2 Å². The van der Waals surface area contributed by atoms with E-state index in [9.17, 15) is 9.59 Å². The van der Waals surface area contributed by atoms with Crippen LogP contribution in [0.1, 0.15) is 44.1 Å². The second-order valence-corrected chi connectivity index (χ2v) is 9.47. The zero-order valence-electron chi connectivity index (χ0n) is 19.3. The number of rotatable bonds is 6. The molecule has 2 saturated heterocycles. The van der Waals surface area contributed by atoms with Crippen LogP contribution in [0.15, 0.2) is 109 Å². The number of benzene rings is 5. The summed E-state index contributed by atoms with van der Waals surface area (Å²) < 4.78 is 11.5. The monoisotopic (exact) mass is 470 g/mol. The summed E-state index contributed by atoms with van der Waals surface area (Å²) in [6, 6.07) is 35.4. The maximum Gasteiger partial charge on any atom is 0.194 e. The highest BCUT2D eigenvalue weighted by Gasteiger charge is 2.48. The van der Waals surface area contributed by atoms with E-state index < -0.39 is 12.2 Å². The molecule has 2 fully saturated rings. The molecule has 0 N–H and O–H groups in total. The predicted molar refractivity (Wildman–Crippen MR) is 138 cm³/mol. The normalized spacial score (nSPS) is 22.4. The first-order chi connectivity index (χ1) is 17.7. The van der Waals surface area contributed by atoms with Gasteiger partial charge in [0.15, 0.2) is 23.8 Å². The van der Waals surface area contributed by atoms with Crippen LogP contribution in [0.25, 0.3) is 21.5 Å². The lowest BCUT2D eigenvalue weighted by Gasteiger charge is -2.03. The fraction of sp³-hybridized carbons (Fsp3) is 0.125. The number of hydrogen-bond donors (Lipinski definition) is 0. The van der Waals surface area contributed by atoms with E-state index in [0.717, 1.165) is 32.7 Å². The van der Waals surface area contributed by atoms with Crippen molar-refractivity contribution in [3.05, 3.63) is 131 Å². The molecule has 0 aromatic heterocycles. The summed E-state index contributed by atoms with van der Waals surface area (Å²) in [5.74, 6) is 0.00260. The maximum atomic E-state index is 13.0. The van der Waals surface area contributed by atoms with E-state index in [1.807, 2.05) is 109 Å². The van der Waals surface area contributed by atoms with Crippen LogP contribution >= 0.6 is 0 Å². The van der Waals surface area contributed by atoms with Gasteiger partial charge in [0.25, 0.3) is 0 Å². The molecule has 2 aliphatic rings. The van der Waals surface area contributed by atoms with Gasteiger partial charge >= 0.3 is 0 Å². The van der Waals surface area contributed by atoms with Crippen molar-refractivity contribution in [1.29, 1.82) is 0 Å². The Kier molecular flexibility index (Phi) is 4.84. The summed E-state index contributed by atoms with van der Waals surface area (Å²) >= 11 is 0. The molecule has 4 atom stereocenters. The molecule has 174 valence electrons. The van der Waals surface area contributed by atoms with Gasteiger partial charge in [0.1, 0.15) is 12.2 Å². The van der Waals surface area contributed by atoms with Crippen molar-refractivity contribution in [2.24, 2.45) is 0 Å². The van der Waals surface area contributed by atoms with E-state index in [1.54, 1.807) is 0 Å². The zero-order valence-corrected chi connectivity index (χ0v) is 19.3. The van der Waals surface area contributed by atoms with E-state index in [2.05, 4.69) is 0 Å². The minimum atomic E-state index is -0.462. The lowest BCUT2D eigenvalue weighted by molar-refractivity contribution is 0.0947. The van der Waals surface area contributed by atoms with Crippen molar-refractivity contribution >= 4 is 33.1 Å². The largest absolute Gasteiger partial charge is 0.356 e.